The van der Waals surface area contributed by atoms with Gasteiger partial charge in [-0.05, 0) is 58.1 Å². The Balaban J connectivity index is 1.47. The molecule has 4 rings (SSSR count). The summed E-state index contributed by atoms with van der Waals surface area (Å²) < 4.78 is 1.91. The molecule has 0 spiro atoms. The second-order valence-electron chi connectivity index (χ2n) is 7.49. The normalized spacial score (nSPS) is 22.9. The van der Waals surface area contributed by atoms with E-state index in [1.54, 1.807) is 0 Å². The topological polar surface area (TPSA) is 83.3 Å². The number of nitrogens with one attached hydrogen (secondary N) is 3. The second kappa shape index (κ2) is 7.25. The molecule has 27 heavy (non-hydrogen) atoms. The van der Waals surface area contributed by atoms with Crippen LogP contribution in [0.4, 0.5) is 0 Å². The lowest BCUT2D eigenvalue weighted by Crippen LogP contribution is -2.42. The average molecular weight is 366 g/mol. The van der Waals surface area contributed by atoms with E-state index in [1.807, 2.05) is 55.8 Å². The molecule has 3 N–H and O–H groups in total. The monoisotopic (exact) mass is 366 g/mol. The molecule has 0 radical (unpaired) electrons. The van der Waals surface area contributed by atoms with Gasteiger partial charge in [0.2, 0.25) is 0 Å². The summed E-state index contributed by atoms with van der Waals surface area (Å²) in [5.41, 5.74) is 13.7. The number of carbonyl (C=O) groups excluding carboxylic acids is 1. The van der Waals surface area contributed by atoms with E-state index in [9.17, 15) is 4.79 Å². The van der Waals surface area contributed by atoms with Crippen LogP contribution in [0.15, 0.2) is 35.4 Å². The molecule has 0 bridgehead atoms. The fourth-order valence-corrected chi connectivity index (χ4v) is 3.82. The Morgan fingerprint density at radius 1 is 1.22 bits per heavy atom. The Morgan fingerprint density at radius 2 is 1.96 bits per heavy atom. The maximum Gasteiger partial charge on any atom is 0.258 e. The minimum absolute atomic E-state index is 0.101. The van der Waals surface area contributed by atoms with Crippen molar-refractivity contribution >= 4 is 11.6 Å². The summed E-state index contributed by atoms with van der Waals surface area (Å²) in [6.07, 6.45) is 3.33. The smallest absolute Gasteiger partial charge is 0.258 e. The summed E-state index contributed by atoms with van der Waals surface area (Å²) in [5.74, 6) is 0.616. The number of hydrogen-bond donors (Lipinski definition) is 3. The number of hydrazone groups is 1. The van der Waals surface area contributed by atoms with Crippen LogP contribution in [-0.2, 0) is 4.79 Å². The van der Waals surface area contributed by atoms with Gasteiger partial charge < -0.3 is 0 Å². The largest absolute Gasteiger partial charge is 0.271 e. The fourth-order valence-electron chi connectivity index (χ4n) is 3.82. The highest BCUT2D eigenvalue weighted by atomic mass is 16.2. The highest BCUT2D eigenvalue weighted by Gasteiger charge is 2.38. The molecule has 2 heterocycles. The van der Waals surface area contributed by atoms with Crippen LogP contribution in [0.1, 0.15) is 43.1 Å². The number of hydrazine groups is 1. The van der Waals surface area contributed by atoms with Crippen LogP contribution in [0.2, 0.25) is 0 Å². The minimum Gasteiger partial charge on any atom is -0.271 e. The number of aromatic nitrogens is 2. The highest BCUT2D eigenvalue weighted by molar-refractivity contribution is 6.01. The molecule has 2 fully saturated rings. The Labute approximate surface area is 159 Å². The molecule has 1 aliphatic carbocycles. The van der Waals surface area contributed by atoms with Crippen LogP contribution >= 0.6 is 0 Å². The maximum atomic E-state index is 12.4. The zero-order valence-corrected chi connectivity index (χ0v) is 16.0. The van der Waals surface area contributed by atoms with Crippen LogP contribution in [0, 0.1) is 19.8 Å². The summed E-state index contributed by atoms with van der Waals surface area (Å²) in [6.45, 7) is 5.89. The van der Waals surface area contributed by atoms with Crippen LogP contribution in [0.25, 0.3) is 5.69 Å². The molecule has 2 aliphatic rings. The van der Waals surface area contributed by atoms with Gasteiger partial charge in [-0.15, -0.1) is 0 Å². The van der Waals surface area contributed by atoms with Crippen LogP contribution in [0.3, 0.4) is 0 Å². The number of nitrogens with zero attached hydrogens (tertiary/aromatic N) is 3. The molecule has 2 atom stereocenters. The van der Waals surface area contributed by atoms with Gasteiger partial charge >= 0.3 is 0 Å². The van der Waals surface area contributed by atoms with Gasteiger partial charge in [0, 0.05) is 11.6 Å². The van der Waals surface area contributed by atoms with Crippen molar-refractivity contribution < 1.29 is 4.79 Å². The van der Waals surface area contributed by atoms with E-state index in [1.165, 1.54) is 12.8 Å². The van der Waals surface area contributed by atoms with Gasteiger partial charge in [0.1, 0.15) is 6.04 Å². The van der Waals surface area contributed by atoms with Gasteiger partial charge in [-0.25, -0.2) is 15.5 Å². The van der Waals surface area contributed by atoms with Gasteiger partial charge in [0.05, 0.1) is 22.8 Å². The third-order valence-corrected chi connectivity index (χ3v) is 5.43. The van der Waals surface area contributed by atoms with Crippen molar-refractivity contribution in [3.8, 4) is 5.69 Å². The first-order chi connectivity index (χ1) is 13.0. The first kappa shape index (κ1) is 17.9. The van der Waals surface area contributed by atoms with Crippen molar-refractivity contribution in [3.63, 3.8) is 0 Å². The van der Waals surface area contributed by atoms with Crippen LogP contribution < -0.4 is 16.3 Å². The molecule has 1 amide bonds. The zero-order valence-electron chi connectivity index (χ0n) is 16.0. The summed E-state index contributed by atoms with van der Waals surface area (Å²) in [4.78, 5) is 12.4. The third kappa shape index (κ3) is 3.65. The number of para-hydroxylation sites is 1. The molecule has 1 saturated carbocycles. The van der Waals surface area contributed by atoms with Crippen molar-refractivity contribution in [2.75, 3.05) is 0 Å². The molecule has 7 nitrogen and oxygen atoms in total. The standard InChI is InChI=1S/C20H26N6O/c1-12(21-24-20(27)18-11-17(22-23-18)15-9-10-15)19-13(2)25-26(14(19)3)16-7-5-4-6-8-16/h4-8,15,17-18,22-23H,9-11H2,1-3H3,(H,24,27)/b21-12+. The number of amides is 1. The van der Waals surface area contributed by atoms with Crippen molar-refractivity contribution in [1.29, 1.82) is 0 Å². The number of aryl methyl sites for hydroxylation is 1. The quantitative estimate of drug-likeness (QED) is 0.558. The molecular formula is C20H26N6O. The Kier molecular flexibility index (Phi) is 4.80. The summed E-state index contributed by atoms with van der Waals surface area (Å²) >= 11 is 0. The van der Waals surface area contributed by atoms with Gasteiger partial charge in [0.25, 0.3) is 5.91 Å². The predicted octanol–water partition coefficient (Wildman–Crippen LogP) is 1.97. The molecule has 1 aromatic carbocycles. The van der Waals surface area contributed by atoms with E-state index < -0.39 is 0 Å². The lowest BCUT2D eigenvalue weighted by atomic mass is 10.1. The predicted molar refractivity (Wildman–Crippen MR) is 105 cm³/mol. The lowest BCUT2D eigenvalue weighted by Gasteiger charge is -2.09. The van der Waals surface area contributed by atoms with Crippen molar-refractivity contribution in [2.24, 2.45) is 11.0 Å². The van der Waals surface area contributed by atoms with E-state index in [2.05, 4.69) is 26.5 Å². The van der Waals surface area contributed by atoms with Gasteiger partial charge in [-0.2, -0.15) is 10.2 Å². The first-order valence-electron chi connectivity index (χ1n) is 9.52. The van der Waals surface area contributed by atoms with Crippen molar-refractivity contribution in [2.45, 2.75) is 52.1 Å². The molecule has 7 heteroatoms. The van der Waals surface area contributed by atoms with Gasteiger partial charge in [-0.1, -0.05) is 18.2 Å². The first-order valence-corrected chi connectivity index (χ1v) is 9.52. The maximum absolute atomic E-state index is 12.4. The molecule has 2 aromatic rings. The van der Waals surface area contributed by atoms with E-state index in [4.69, 9.17) is 0 Å². The molecule has 2 unspecified atom stereocenters. The van der Waals surface area contributed by atoms with Gasteiger partial charge in [-0.3, -0.25) is 10.2 Å². The van der Waals surface area contributed by atoms with Crippen LogP contribution in [0.5, 0.6) is 0 Å². The lowest BCUT2D eigenvalue weighted by molar-refractivity contribution is -0.122. The molecule has 142 valence electrons. The SMILES string of the molecule is C/C(=N\NC(=O)C1CC(C2CC2)NN1)c1c(C)nn(-c2ccccc2)c1C. The highest BCUT2D eigenvalue weighted by Crippen LogP contribution is 2.35. The van der Waals surface area contributed by atoms with E-state index in [0.717, 1.165) is 40.7 Å². The molecule has 1 saturated heterocycles. The average Bonchev–Trinajstić information content (AvgIpc) is 3.32. The molecule has 1 aromatic heterocycles. The number of benzene rings is 1. The summed E-state index contributed by atoms with van der Waals surface area (Å²) in [5, 5.41) is 8.99. The van der Waals surface area contributed by atoms with Crippen molar-refractivity contribution in [3.05, 3.63) is 47.3 Å². The van der Waals surface area contributed by atoms with Crippen molar-refractivity contribution in [1.82, 2.24) is 26.1 Å². The van der Waals surface area contributed by atoms with Crippen LogP contribution in [-0.4, -0.2) is 33.5 Å². The Hall–Kier alpha value is -2.51. The fraction of sp³-hybridized carbons (Fsp3) is 0.450. The van der Waals surface area contributed by atoms with E-state index in [-0.39, 0.29) is 11.9 Å². The minimum atomic E-state index is -0.235. The second-order valence-corrected chi connectivity index (χ2v) is 7.49. The molecular weight excluding hydrogens is 340 g/mol. The Morgan fingerprint density at radius 3 is 2.67 bits per heavy atom. The third-order valence-electron chi connectivity index (χ3n) is 5.43. The van der Waals surface area contributed by atoms with E-state index >= 15 is 0 Å². The molecule has 1 aliphatic heterocycles. The zero-order chi connectivity index (χ0) is 19.0. The summed E-state index contributed by atoms with van der Waals surface area (Å²) in [6, 6.07) is 10.2. The Bertz CT molecular complexity index is 868. The number of rotatable bonds is 5. The summed E-state index contributed by atoms with van der Waals surface area (Å²) in [7, 11) is 0. The number of carbonyl (C=O) groups is 1. The van der Waals surface area contributed by atoms with Gasteiger partial charge in [0.15, 0.2) is 0 Å². The number of hydrogen-bond acceptors (Lipinski definition) is 5. The van der Waals surface area contributed by atoms with E-state index in [0.29, 0.717) is 6.04 Å².